The molecule has 1 amide bonds. The van der Waals surface area contributed by atoms with Crippen molar-refractivity contribution < 1.29 is 4.79 Å². The van der Waals surface area contributed by atoms with Crippen molar-refractivity contribution >= 4 is 17.5 Å². The fourth-order valence-electron chi connectivity index (χ4n) is 3.35. The van der Waals surface area contributed by atoms with E-state index in [2.05, 4.69) is 24.0 Å². The van der Waals surface area contributed by atoms with Gasteiger partial charge in [0.2, 0.25) is 0 Å². The Bertz CT molecular complexity index is 679. The van der Waals surface area contributed by atoms with Crippen LogP contribution in [-0.2, 0) is 5.41 Å². The summed E-state index contributed by atoms with van der Waals surface area (Å²) >= 11 is 5.90. The van der Waals surface area contributed by atoms with E-state index < -0.39 is 0 Å². The average molecular weight is 318 g/mol. The number of likely N-dealkylation sites (tertiary alicyclic amines) is 1. The van der Waals surface area contributed by atoms with E-state index in [1.54, 1.807) is 24.3 Å². The largest absolute Gasteiger partial charge is 0.338 e. The number of aromatic amines is 1. The lowest BCUT2D eigenvalue weighted by Gasteiger charge is -2.40. The molecule has 5 heteroatoms. The van der Waals surface area contributed by atoms with E-state index in [0.29, 0.717) is 17.1 Å². The van der Waals surface area contributed by atoms with Gasteiger partial charge >= 0.3 is 0 Å². The number of nitrogens with one attached hydrogen (secondary N) is 1. The maximum absolute atomic E-state index is 12.7. The molecule has 0 bridgehead atoms. The molecule has 1 aromatic heterocycles. The predicted octanol–water partition coefficient (Wildman–Crippen LogP) is 3.57. The van der Waals surface area contributed by atoms with E-state index in [1.165, 1.54) is 0 Å². The Morgan fingerprint density at radius 3 is 2.73 bits per heavy atom. The van der Waals surface area contributed by atoms with Crippen LogP contribution in [0.1, 0.15) is 41.4 Å². The standard InChI is InChI=1S/C17H20ClN3O/c1-12-10-19-20-15(12)17(2)8-3-9-21(11-17)16(22)13-4-6-14(18)7-5-13/h4-7,10H,3,8-9,11H2,1-2H3,(H,19,20)/t17-/m0/s1. The van der Waals surface area contributed by atoms with Crippen LogP contribution in [0.2, 0.25) is 5.02 Å². The smallest absolute Gasteiger partial charge is 0.253 e. The molecule has 1 atom stereocenters. The number of carbonyl (C=O) groups excluding carboxylic acids is 1. The number of hydrogen-bond acceptors (Lipinski definition) is 2. The SMILES string of the molecule is Cc1cn[nH]c1[C@@]1(C)CCCN(C(=O)c2ccc(Cl)cc2)C1. The van der Waals surface area contributed by atoms with Gasteiger partial charge in [0.25, 0.3) is 5.91 Å². The lowest BCUT2D eigenvalue weighted by Crippen LogP contribution is -2.47. The van der Waals surface area contributed by atoms with Crippen LogP contribution in [0.15, 0.2) is 30.5 Å². The van der Waals surface area contributed by atoms with Crippen molar-refractivity contribution in [2.45, 2.75) is 32.1 Å². The Kier molecular flexibility index (Phi) is 3.96. The van der Waals surface area contributed by atoms with Crippen LogP contribution in [0, 0.1) is 6.92 Å². The fraction of sp³-hybridized carbons (Fsp3) is 0.412. The summed E-state index contributed by atoms with van der Waals surface area (Å²) in [6.45, 7) is 5.76. The summed E-state index contributed by atoms with van der Waals surface area (Å²) in [7, 11) is 0. The van der Waals surface area contributed by atoms with Crippen molar-refractivity contribution in [3.8, 4) is 0 Å². The highest BCUT2D eigenvalue weighted by Crippen LogP contribution is 2.34. The van der Waals surface area contributed by atoms with Crippen LogP contribution in [0.4, 0.5) is 0 Å². The molecule has 2 aromatic rings. The number of halogens is 1. The van der Waals surface area contributed by atoms with Crippen molar-refractivity contribution in [1.82, 2.24) is 15.1 Å². The highest BCUT2D eigenvalue weighted by Gasteiger charge is 2.36. The number of aromatic nitrogens is 2. The first kappa shape index (κ1) is 15.1. The summed E-state index contributed by atoms with van der Waals surface area (Å²) in [6, 6.07) is 7.10. The number of piperidine rings is 1. The molecular formula is C17H20ClN3O. The fourth-order valence-corrected chi connectivity index (χ4v) is 3.48. The minimum atomic E-state index is -0.0685. The number of benzene rings is 1. The predicted molar refractivity (Wildman–Crippen MR) is 87.3 cm³/mol. The van der Waals surface area contributed by atoms with E-state index in [9.17, 15) is 4.79 Å². The third-order valence-electron chi connectivity index (χ3n) is 4.51. The first-order valence-electron chi connectivity index (χ1n) is 7.55. The van der Waals surface area contributed by atoms with Gasteiger partial charge in [0.15, 0.2) is 0 Å². The second kappa shape index (κ2) is 5.76. The number of aryl methyl sites for hydroxylation is 1. The highest BCUT2D eigenvalue weighted by molar-refractivity contribution is 6.30. The number of hydrogen-bond donors (Lipinski definition) is 1. The molecule has 2 heterocycles. The molecule has 1 aromatic carbocycles. The monoisotopic (exact) mass is 317 g/mol. The van der Waals surface area contributed by atoms with Crippen LogP contribution >= 0.6 is 11.6 Å². The van der Waals surface area contributed by atoms with E-state index in [4.69, 9.17) is 11.6 Å². The van der Waals surface area contributed by atoms with Gasteiger partial charge in [-0.25, -0.2) is 0 Å². The summed E-state index contributed by atoms with van der Waals surface area (Å²) in [5.74, 6) is 0.0692. The third kappa shape index (κ3) is 2.75. The van der Waals surface area contributed by atoms with Gasteiger partial charge in [-0.15, -0.1) is 0 Å². The highest BCUT2D eigenvalue weighted by atomic mass is 35.5. The van der Waals surface area contributed by atoms with Crippen LogP contribution < -0.4 is 0 Å². The van der Waals surface area contributed by atoms with Crippen LogP contribution in [0.3, 0.4) is 0 Å². The second-order valence-corrected chi connectivity index (χ2v) is 6.76. The minimum Gasteiger partial charge on any atom is -0.338 e. The number of nitrogens with zero attached hydrogens (tertiary/aromatic N) is 2. The molecule has 116 valence electrons. The Morgan fingerprint density at radius 2 is 2.09 bits per heavy atom. The molecule has 0 saturated carbocycles. The number of carbonyl (C=O) groups is 1. The van der Waals surface area contributed by atoms with Crippen LogP contribution in [-0.4, -0.2) is 34.1 Å². The molecule has 1 aliphatic heterocycles. The van der Waals surface area contributed by atoms with Crippen LogP contribution in [0.25, 0.3) is 0 Å². The quantitative estimate of drug-likeness (QED) is 0.920. The summed E-state index contributed by atoms with van der Waals surface area (Å²) in [6.07, 6.45) is 3.90. The first-order chi connectivity index (χ1) is 10.5. The van der Waals surface area contributed by atoms with E-state index in [0.717, 1.165) is 30.6 Å². The molecule has 4 nitrogen and oxygen atoms in total. The van der Waals surface area contributed by atoms with Crippen LogP contribution in [0.5, 0.6) is 0 Å². The Hall–Kier alpha value is -1.81. The van der Waals surface area contributed by atoms with Crippen molar-refractivity contribution in [1.29, 1.82) is 0 Å². The first-order valence-corrected chi connectivity index (χ1v) is 7.93. The summed E-state index contributed by atoms with van der Waals surface area (Å²) in [4.78, 5) is 14.6. The zero-order valence-corrected chi connectivity index (χ0v) is 13.7. The molecule has 0 unspecified atom stereocenters. The molecule has 1 saturated heterocycles. The normalized spacial score (nSPS) is 21.9. The van der Waals surface area contributed by atoms with Crippen molar-refractivity contribution in [3.05, 3.63) is 52.3 Å². The third-order valence-corrected chi connectivity index (χ3v) is 4.76. The summed E-state index contributed by atoms with van der Waals surface area (Å²) < 4.78 is 0. The van der Waals surface area contributed by atoms with E-state index in [1.807, 2.05) is 11.1 Å². The van der Waals surface area contributed by atoms with Gasteiger partial charge in [0, 0.05) is 34.8 Å². The topological polar surface area (TPSA) is 49.0 Å². The summed E-state index contributed by atoms with van der Waals surface area (Å²) in [5, 5.41) is 7.90. The molecule has 1 N–H and O–H groups in total. The van der Waals surface area contributed by atoms with Crippen molar-refractivity contribution in [2.24, 2.45) is 0 Å². The maximum atomic E-state index is 12.7. The Labute approximate surface area is 135 Å². The molecule has 0 radical (unpaired) electrons. The van der Waals surface area contributed by atoms with Crippen molar-refractivity contribution in [2.75, 3.05) is 13.1 Å². The molecule has 22 heavy (non-hydrogen) atoms. The van der Waals surface area contributed by atoms with Gasteiger partial charge in [0.05, 0.1) is 6.20 Å². The summed E-state index contributed by atoms with van der Waals surface area (Å²) in [5.41, 5.74) is 2.92. The minimum absolute atomic E-state index is 0.0685. The molecule has 3 rings (SSSR count). The number of H-pyrrole nitrogens is 1. The number of amides is 1. The zero-order valence-electron chi connectivity index (χ0n) is 12.9. The van der Waals surface area contributed by atoms with Gasteiger partial charge in [-0.05, 0) is 49.6 Å². The number of rotatable bonds is 2. The lowest BCUT2D eigenvalue weighted by molar-refractivity contribution is 0.0647. The van der Waals surface area contributed by atoms with E-state index in [-0.39, 0.29) is 11.3 Å². The maximum Gasteiger partial charge on any atom is 0.253 e. The average Bonchev–Trinajstić information content (AvgIpc) is 2.94. The second-order valence-electron chi connectivity index (χ2n) is 6.33. The molecule has 0 aliphatic carbocycles. The lowest BCUT2D eigenvalue weighted by atomic mass is 9.77. The van der Waals surface area contributed by atoms with Crippen molar-refractivity contribution in [3.63, 3.8) is 0 Å². The van der Waals surface area contributed by atoms with Gasteiger partial charge in [-0.3, -0.25) is 9.89 Å². The molecule has 1 fully saturated rings. The molecule has 0 spiro atoms. The molecule has 1 aliphatic rings. The Balaban J connectivity index is 1.82. The van der Waals surface area contributed by atoms with Gasteiger partial charge in [0.1, 0.15) is 0 Å². The molecular weight excluding hydrogens is 298 g/mol. The van der Waals surface area contributed by atoms with E-state index >= 15 is 0 Å². The zero-order chi connectivity index (χ0) is 15.7. The van der Waals surface area contributed by atoms with Gasteiger partial charge in [-0.2, -0.15) is 5.10 Å². The van der Waals surface area contributed by atoms with Gasteiger partial charge < -0.3 is 4.90 Å². The Morgan fingerprint density at radius 1 is 1.36 bits per heavy atom. The van der Waals surface area contributed by atoms with Gasteiger partial charge in [-0.1, -0.05) is 18.5 Å².